The van der Waals surface area contributed by atoms with Crippen LogP contribution >= 0.6 is 0 Å². The predicted molar refractivity (Wildman–Crippen MR) is 91.1 cm³/mol. The summed E-state index contributed by atoms with van der Waals surface area (Å²) in [5.74, 6) is 2.30. The quantitative estimate of drug-likeness (QED) is 0.802. The van der Waals surface area contributed by atoms with Crippen LogP contribution in [0.4, 0.5) is 0 Å². The number of hydrogen-bond donors (Lipinski definition) is 0. The van der Waals surface area contributed by atoms with Crippen molar-refractivity contribution in [2.75, 3.05) is 28.4 Å². The first kappa shape index (κ1) is 16.9. The van der Waals surface area contributed by atoms with E-state index in [0.29, 0.717) is 0 Å². The van der Waals surface area contributed by atoms with Crippen LogP contribution in [0.5, 0.6) is 5.75 Å². The Labute approximate surface area is 137 Å². The molecule has 0 aromatic heterocycles. The molecule has 1 unspecified atom stereocenters. The summed E-state index contributed by atoms with van der Waals surface area (Å²) in [5.41, 5.74) is 2.04. The van der Waals surface area contributed by atoms with Crippen LogP contribution in [0.2, 0.25) is 0 Å². The molecule has 1 aromatic carbocycles. The highest BCUT2D eigenvalue weighted by atomic mass is 16.5. The molecular weight excluding hydrogens is 292 g/mol. The normalized spacial score (nSPS) is 17.9. The number of allylic oxidation sites excluding steroid dienone is 4. The second kappa shape index (κ2) is 8.25. The summed E-state index contributed by atoms with van der Waals surface area (Å²) >= 11 is 0. The van der Waals surface area contributed by atoms with Gasteiger partial charge in [0.1, 0.15) is 23.4 Å². The summed E-state index contributed by atoms with van der Waals surface area (Å²) in [6.07, 6.45) is 9.53. The number of methoxy groups -OCH3 is 4. The summed E-state index contributed by atoms with van der Waals surface area (Å²) in [4.78, 5) is 0. The highest BCUT2D eigenvalue weighted by Crippen LogP contribution is 2.22. The van der Waals surface area contributed by atoms with Crippen LogP contribution in [0.1, 0.15) is 5.56 Å². The van der Waals surface area contributed by atoms with Gasteiger partial charge in [-0.15, -0.1) is 0 Å². The van der Waals surface area contributed by atoms with E-state index in [0.717, 1.165) is 28.4 Å². The Morgan fingerprint density at radius 2 is 1.57 bits per heavy atom. The van der Waals surface area contributed by atoms with Crippen molar-refractivity contribution in [3.05, 3.63) is 71.2 Å². The van der Waals surface area contributed by atoms with E-state index in [4.69, 9.17) is 18.9 Å². The Hall–Kier alpha value is -2.46. The zero-order valence-electron chi connectivity index (χ0n) is 13.9. The van der Waals surface area contributed by atoms with Crippen molar-refractivity contribution in [2.24, 2.45) is 0 Å². The second-order valence-electron chi connectivity index (χ2n) is 4.93. The molecule has 0 spiro atoms. The fourth-order valence-electron chi connectivity index (χ4n) is 2.22. The highest BCUT2D eigenvalue weighted by molar-refractivity contribution is 5.57. The summed E-state index contributed by atoms with van der Waals surface area (Å²) in [6.45, 7) is 0. The van der Waals surface area contributed by atoms with Gasteiger partial charge in [-0.2, -0.15) is 0 Å². The molecule has 1 aliphatic carbocycles. The summed E-state index contributed by atoms with van der Waals surface area (Å²) in [7, 11) is 6.56. The first-order chi connectivity index (χ1) is 11.2. The summed E-state index contributed by atoms with van der Waals surface area (Å²) in [5, 5.41) is 0. The number of hydrogen-bond acceptors (Lipinski definition) is 4. The Bertz CT molecular complexity index is 636. The number of rotatable bonds is 6. The number of benzene rings is 1. The minimum atomic E-state index is -0.266. The van der Waals surface area contributed by atoms with Gasteiger partial charge in [-0.3, -0.25) is 0 Å². The average molecular weight is 314 g/mol. The maximum atomic E-state index is 5.42. The van der Waals surface area contributed by atoms with E-state index in [2.05, 4.69) is 0 Å². The van der Waals surface area contributed by atoms with Crippen LogP contribution < -0.4 is 4.74 Å². The van der Waals surface area contributed by atoms with Crippen molar-refractivity contribution in [1.29, 1.82) is 0 Å². The van der Waals surface area contributed by atoms with Gasteiger partial charge in [0.05, 0.1) is 21.3 Å². The Morgan fingerprint density at radius 1 is 0.826 bits per heavy atom. The largest absolute Gasteiger partial charge is 0.498 e. The molecule has 0 amide bonds. The monoisotopic (exact) mass is 314 g/mol. The van der Waals surface area contributed by atoms with Gasteiger partial charge in [-0.05, 0) is 41.5 Å². The maximum absolute atomic E-state index is 5.42. The molecule has 1 atom stereocenters. The lowest BCUT2D eigenvalue weighted by molar-refractivity contribution is 0.108. The van der Waals surface area contributed by atoms with Crippen molar-refractivity contribution >= 4 is 6.08 Å². The lowest BCUT2D eigenvalue weighted by atomic mass is 10.1. The van der Waals surface area contributed by atoms with Gasteiger partial charge >= 0.3 is 0 Å². The van der Waals surface area contributed by atoms with Gasteiger partial charge < -0.3 is 18.9 Å². The van der Waals surface area contributed by atoms with E-state index in [1.165, 1.54) is 0 Å². The third-order valence-corrected chi connectivity index (χ3v) is 3.52. The zero-order valence-corrected chi connectivity index (χ0v) is 13.9. The molecule has 1 aromatic rings. The first-order valence-electron chi connectivity index (χ1n) is 7.28. The highest BCUT2D eigenvalue weighted by Gasteiger charge is 2.16. The van der Waals surface area contributed by atoms with Gasteiger partial charge in [-0.25, -0.2) is 0 Å². The van der Waals surface area contributed by atoms with Crippen LogP contribution in [-0.4, -0.2) is 34.5 Å². The SMILES string of the molecule is COC1=CC(OC)C(OC)=CC(/C=C/c2ccc(OC)cc2)=C1. The van der Waals surface area contributed by atoms with Crippen molar-refractivity contribution < 1.29 is 18.9 Å². The van der Waals surface area contributed by atoms with Crippen LogP contribution in [0.3, 0.4) is 0 Å². The molecule has 1 aliphatic rings. The van der Waals surface area contributed by atoms with Gasteiger partial charge in [0.25, 0.3) is 0 Å². The number of ether oxygens (including phenoxy) is 4. The van der Waals surface area contributed by atoms with Crippen LogP contribution in [0.15, 0.2) is 65.7 Å². The molecule has 4 nitrogen and oxygen atoms in total. The van der Waals surface area contributed by atoms with Gasteiger partial charge in [0.2, 0.25) is 0 Å². The molecular formula is C19H22O4. The molecule has 0 heterocycles. The van der Waals surface area contributed by atoms with E-state index in [1.807, 2.05) is 54.6 Å². The minimum absolute atomic E-state index is 0.266. The van der Waals surface area contributed by atoms with Crippen LogP contribution in [-0.2, 0) is 14.2 Å². The topological polar surface area (TPSA) is 36.9 Å². The standard InChI is InChI=1S/C19H22O4/c1-20-16-9-7-14(8-10-16)5-6-15-11-17(21-2)13-19(23-4)18(12-15)22-3/h5-13,19H,1-4H3/b6-5+. The molecule has 0 bridgehead atoms. The van der Waals surface area contributed by atoms with E-state index >= 15 is 0 Å². The van der Waals surface area contributed by atoms with E-state index in [-0.39, 0.29) is 6.10 Å². The molecule has 0 radical (unpaired) electrons. The third-order valence-electron chi connectivity index (χ3n) is 3.52. The molecule has 2 rings (SSSR count). The van der Waals surface area contributed by atoms with Crippen LogP contribution in [0, 0.1) is 0 Å². The average Bonchev–Trinajstić information content (AvgIpc) is 2.78. The molecule has 0 aliphatic heterocycles. The van der Waals surface area contributed by atoms with Crippen molar-refractivity contribution in [3.63, 3.8) is 0 Å². The summed E-state index contributed by atoms with van der Waals surface area (Å²) in [6, 6.07) is 7.86. The fraction of sp³-hybridized carbons (Fsp3) is 0.263. The van der Waals surface area contributed by atoms with Gasteiger partial charge in [0.15, 0.2) is 0 Å². The maximum Gasteiger partial charge on any atom is 0.136 e. The Kier molecular flexibility index (Phi) is 6.06. The second-order valence-corrected chi connectivity index (χ2v) is 4.93. The zero-order chi connectivity index (χ0) is 16.7. The smallest absolute Gasteiger partial charge is 0.136 e. The fourth-order valence-corrected chi connectivity index (χ4v) is 2.22. The molecule has 0 N–H and O–H groups in total. The lowest BCUT2D eigenvalue weighted by Gasteiger charge is -2.13. The Balaban J connectivity index is 2.26. The van der Waals surface area contributed by atoms with E-state index in [9.17, 15) is 0 Å². The first-order valence-corrected chi connectivity index (χ1v) is 7.28. The van der Waals surface area contributed by atoms with Crippen LogP contribution in [0.25, 0.3) is 6.08 Å². The molecule has 0 saturated carbocycles. The third kappa shape index (κ3) is 4.50. The molecule has 0 fully saturated rings. The molecule has 0 saturated heterocycles. The van der Waals surface area contributed by atoms with Crippen molar-refractivity contribution in [3.8, 4) is 5.75 Å². The van der Waals surface area contributed by atoms with Crippen molar-refractivity contribution in [2.45, 2.75) is 6.10 Å². The van der Waals surface area contributed by atoms with Crippen molar-refractivity contribution in [1.82, 2.24) is 0 Å². The Morgan fingerprint density at radius 3 is 2.13 bits per heavy atom. The minimum Gasteiger partial charge on any atom is -0.498 e. The lowest BCUT2D eigenvalue weighted by Crippen LogP contribution is -2.12. The van der Waals surface area contributed by atoms with Gasteiger partial charge in [-0.1, -0.05) is 24.3 Å². The van der Waals surface area contributed by atoms with Gasteiger partial charge in [0, 0.05) is 7.11 Å². The van der Waals surface area contributed by atoms with E-state index in [1.54, 1.807) is 28.4 Å². The molecule has 23 heavy (non-hydrogen) atoms. The molecule has 122 valence electrons. The molecule has 4 heteroatoms. The summed E-state index contributed by atoms with van der Waals surface area (Å²) < 4.78 is 21.4. The predicted octanol–water partition coefficient (Wildman–Crippen LogP) is 3.72. The van der Waals surface area contributed by atoms with E-state index < -0.39 is 0 Å².